The summed E-state index contributed by atoms with van der Waals surface area (Å²) in [6.45, 7) is 6.16. The average molecular weight is 408 g/mol. The van der Waals surface area contributed by atoms with Crippen LogP contribution in [0.5, 0.6) is 0 Å². The number of nitrogens with two attached hydrogens (primary N) is 1. The molecular formula is C18H22ClN5O2S. The van der Waals surface area contributed by atoms with Crippen molar-refractivity contribution in [3.05, 3.63) is 39.9 Å². The molecule has 1 aliphatic rings. The summed E-state index contributed by atoms with van der Waals surface area (Å²) in [4.78, 5) is 29.2. The fraction of sp³-hybridized carbons (Fsp3) is 0.389. The number of nitrogens with one attached hydrogen (secondary N) is 1. The molecule has 144 valence electrons. The Morgan fingerprint density at radius 2 is 1.89 bits per heavy atom. The third-order valence-corrected chi connectivity index (χ3v) is 5.49. The van der Waals surface area contributed by atoms with E-state index in [1.807, 2.05) is 38.1 Å². The Kier molecular flexibility index (Phi) is 5.86. The zero-order valence-electron chi connectivity index (χ0n) is 15.2. The Morgan fingerprint density at radius 1 is 1.22 bits per heavy atom. The first-order valence-corrected chi connectivity index (χ1v) is 9.88. The smallest absolute Gasteiger partial charge is 0.273 e. The molecule has 2 heterocycles. The van der Waals surface area contributed by atoms with Crippen molar-refractivity contribution >= 4 is 46.3 Å². The van der Waals surface area contributed by atoms with Gasteiger partial charge in [0.05, 0.1) is 16.4 Å². The largest absolute Gasteiger partial charge is 0.395 e. The molecule has 0 saturated carbocycles. The van der Waals surface area contributed by atoms with Crippen LogP contribution in [0.4, 0.5) is 11.4 Å². The van der Waals surface area contributed by atoms with Crippen molar-refractivity contribution in [3.63, 3.8) is 0 Å². The van der Waals surface area contributed by atoms with E-state index in [9.17, 15) is 9.59 Å². The van der Waals surface area contributed by atoms with E-state index >= 15 is 0 Å². The summed E-state index contributed by atoms with van der Waals surface area (Å²) in [5, 5.41) is 3.44. The lowest BCUT2D eigenvalue weighted by Crippen LogP contribution is -2.48. The molecule has 1 aromatic carbocycles. The molecule has 3 N–H and O–H groups in total. The van der Waals surface area contributed by atoms with E-state index in [0.29, 0.717) is 36.1 Å². The van der Waals surface area contributed by atoms with E-state index in [1.165, 1.54) is 0 Å². The number of piperazine rings is 1. The first-order chi connectivity index (χ1) is 12.9. The van der Waals surface area contributed by atoms with Gasteiger partial charge in [0.25, 0.3) is 11.8 Å². The van der Waals surface area contributed by atoms with Crippen molar-refractivity contribution in [1.82, 2.24) is 14.6 Å². The Hall–Kier alpha value is -2.32. The molecule has 1 fully saturated rings. The monoisotopic (exact) mass is 407 g/mol. The van der Waals surface area contributed by atoms with E-state index < -0.39 is 0 Å². The van der Waals surface area contributed by atoms with E-state index in [-0.39, 0.29) is 29.2 Å². The van der Waals surface area contributed by atoms with Gasteiger partial charge < -0.3 is 20.9 Å². The number of aromatic nitrogens is 1. The number of hydrogen-bond acceptors (Lipinski definition) is 6. The Balaban J connectivity index is 1.67. The van der Waals surface area contributed by atoms with Gasteiger partial charge in [-0.3, -0.25) is 9.59 Å². The first kappa shape index (κ1) is 19.4. The molecular weight excluding hydrogens is 386 g/mol. The van der Waals surface area contributed by atoms with Gasteiger partial charge in [0.2, 0.25) is 0 Å². The molecule has 2 aromatic rings. The van der Waals surface area contributed by atoms with Crippen molar-refractivity contribution < 1.29 is 9.59 Å². The number of benzene rings is 1. The molecule has 9 heteroatoms. The molecule has 0 bridgehead atoms. The Labute approximate surface area is 167 Å². The highest BCUT2D eigenvalue weighted by Gasteiger charge is 2.28. The molecule has 7 nitrogen and oxygen atoms in total. The molecule has 0 spiro atoms. The molecule has 1 aliphatic heterocycles. The van der Waals surface area contributed by atoms with Crippen molar-refractivity contribution in [2.45, 2.75) is 19.9 Å². The van der Waals surface area contributed by atoms with E-state index in [0.717, 1.165) is 17.2 Å². The van der Waals surface area contributed by atoms with Gasteiger partial charge in [-0.15, -0.1) is 0 Å². The second-order valence-corrected chi connectivity index (χ2v) is 7.81. The topological polar surface area (TPSA) is 91.6 Å². The summed E-state index contributed by atoms with van der Waals surface area (Å²) >= 11 is 7.23. The Bertz CT molecular complexity index is 846. The fourth-order valence-corrected chi connectivity index (χ4v) is 3.97. The molecule has 0 atom stereocenters. The van der Waals surface area contributed by atoms with Gasteiger partial charge in [-0.05, 0) is 37.5 Å². The van der Waals surface area contributed by atoms with Crippen LogP contribution in [-0.2, 0) is 0 Å². The number of rotatable bonds is 4. The molecule has 0 unspecified atom stereocenters. The van der Waals surface area contributed by atoms with Gasteiger partial charge in [0.15, 0.2) is 5.69 Å². The molecule has 1 aromatic heterocycles. The maximum Gasteiger partial charge on any atom is 0.273 e. The minimum atomic E-state index is -0.360. The number of nitrogens with zero attached hydrogens (tertiary/aromatic N) is 3. The van der Waals surface area contributed by atoms with Crippen LogP contribution in [0.3, 0.4) is 0 Å². The summed E-state index contributed by atoms with van der Waals surface area (Å²) in [6, 6.07) is 7.64. The second kappa shape index (κ2) is 8.14. The maximum absolute atomic E-state index is 12.8. The molecule has 0 radical (unpaired) electrons. The van der Waals surface area contributed by atoms with Crippen LogP contribution in [0.1, 0.15) is 34.0 Å². The predicted molar refractivity (Wildman–Crippen MR) is 109 cm³/mol. The van der Waals surface area contributed by atoms with Gasteiger partial charge in [0.1, 0.15) is 4.88 Å². The molecule has 2 amide bonds. The van der Waals surface area contributed by atoms with E-state index in [4.69, 9.17) is 17.3 Å². The lowest BCUT2D eigenvalue weighted by Gasteiger charge is -2.36. The van der Waals surface area contributed by atoms with Gasteiger partial charge in [0, 0.05) is 32.2 Å². The molecule has 27 heavy (non-hydrogen) atoms. The zero-order chi connectivity index (χ0) is 19.6. The number of nitrogen functional groups attached to an aromatic ring is 1. The van der Waals surface area contributed by atoms with Gasteiger partial charge >= 0.3 is 0 Å². The standard InChI is InChI=1S/C18H22ClN5O2S/c1-11(2)21-17(25)15-14(20)16(27-22-15)18(26)24-9-7-23(8-10-24)13-6-4-3-5-12(13)19/h3-6,11H,7-10,20H2,1-2H3,(H,21,25). The van der Waals surface area contributed by atoms with Crippen molar-refractivity contribution in [1.29, 1.82) is 0 Å². The number of para-hydroxylation sites is 1. The first-order valence-electron chi connectivity index (χ1n) is 8.73. The van der Waals surface area contributed by atoms with Crippen LogP contribution in [0, 0.1) is 0 Å². The summed E-state index contributed by atoms with van der Waals surface area (Å²) in [7, 11) is 0. The Morgan fingerprint density at radius 3 is 2.52 bits per heavy atom. The SMILES string of the molecule is CC(C)NC(=O)c1nsc(C(=O)N2CCN(c3ccccc3Cl)CC2)c1N. The van der Waals surface area contributed by atoms with Crippen LogP contribution in [0.2, 0.25) is 5.02 Å². The second-order valence-electron chi connectivity index (χ2n) is 6.63. The van der Waals surface area contributed by atoms with Crippen LogP contribution >= 0.6 is 23.1 Å². The number of halogens is 1. The normalized spacial score (nSPS) is 14.5. The summed E-state index contributed by atoms with van der Waals surface area (Å²) in [5.74, 6) is -0.547. The quantitative estimate of drug-likeness (QED) is 0.812. The summed E-state index contributed by atoms with van der Waals surface area (Å²) in [5.41, 5.74) is 7.27. The van der Waals surface area contributed by atoms with E-state index in [2.05, 4.69) is 14.6 Å². The highest BCUT2D eigenvalue weighted by atomic mass is 35.5. The average Bonchev–Trinajstić information content (AvgIpc) is 3.03. The lowest BCUT2D eigenvalue weighted by molar-refractivity contribution is 0.0752. The highest BCUT2D eigenvalue weighted by molar-refractivity contribution is 7.09. The predicted octanol–water partition coefficient (Wildman–Crippen LogP) is 2.48. The number of anilines is 2. The van der Waals surface area contributed by atoms with Crippen molar-refractivity contribution in [2.24, 2.45) is 0 Å². The van der Waals surface area contributed by atoms with Gasteiger partial charge in [-0.2, -0.15) is 4.37 Å². The third kappa shape index (κ3) is 4.17. The highest BCUT2D eigenvalue weighted by Crippen LogP contribution is 2.28. The number of carbonyl (C=O) groups is 2. The maximum atomic E-state index is 12.8. The van der Waals surface area contributed by atoms with Gasteiger partial charge in [-0.1, -0.05) is 23.7 Å². The van der Waals surface area contributed by atoms with Crippen LogP contribution < -0.4 is 16.0 Å². The summed E-state index contributed by atoms with van der Waals surface area (Å²) in [6.07, 6.45) is 0. The summed E-state index contributed by atoms with van der Waals surface area (Å²) < 4.78 is 4.09. The van der Waals surface area contributed by atoms with Crippen molar-refractivity contribution in [3.8, 4) is 0 Å². The number of amides is 2. The molecule has 3 rings (SSSR count). The lowest BCUT2D eigenvalue weighted by atomic mass is 10.2. The molecule has 0 aliphatic carbocycles. The minimum Gasteiger partial charge on any atom is -0.395 e. The minimum absolute atomic E-state index is 0.0318. The zero-order valence-corrected chi connectivity index (χ0v) is 16.8. The van der Waals surface area contributed by atoms with Gasteiger partial charge in [-0.25, -0.2) is 0 Å². The van der Waals surface area contributed by atoms with Crippen LogP contribution in [0.25, 0.3) is 0 Å². The van der Waals surface area contributed by atoms with Crippen molar-refractivity contribution in [2.75, 3.05) is 36.8 Å². The fourth-order valence-electron chi connectivity index (χ4n) is 2.95. The van der Waals surface area contributed by atoms with Crippen LogP contribution in [0.15, 0.2) is 24.3 Å². The number of carbonyl (C=O) groups excluding carboxylic acids is 2. The number of hydrogen-bond donors (Lipinski definition) is 2. The third-order valence-electron chi connectivity index (χ3n) is 4.32. The molecule has 1 saturated heterocycles. The van der Waals surface area contributed by atoms with Crippen LogP contribution in [-0.4, -0.2) is 53.3 Å². The van der Waals surface area contributed by atoms with E-state index in [1.54, 1.807) is 4.90 Å².